The van der Waals surface area contributed by atoms with Gasteiger partial charge in [0.15, 0.2) is 5.78 Å². The third kappa shape index (κ3) is 4.95. The molecule has 0 aliphatic carbocycles. The number of Topliss-reactive ketones (excluding diaryl/α,β-unsaturated/α-hetero) is 1. The second-order valence-electron chi connectivity index (χ2n) is 6.12. The summed E-state index contributed by atoms with van der Waals surface area (Å²) in [6, 6.07) is 10.1. The first-order valence-corrected chi connectivity index (χ1v) is 8.57. The van der Waals surface area contributed by atoms with Crippen LogP contribution < -0.4 is 0 Å². The topological polar surface area (TPSA) is 20.3 Å². The Labute approximate surface area is 127 Å². The van der Waals surface area contributed by atoms with E-state index in [1.807, 2.05) is 55.9 Å². The zero-order chi connectivity index (χ0) is 15.2. The summed E-state index contributed by atoms with van der Waals surface area (Å²) >= 11 is 1.87. The van der Waals surface area contributed by atoms with Gasteiger partial charge in [0.05, 0.1) is 0 Å². The summed E-state index contributed by atoms with van der Waals surface area (Å²) in [6.07, 6.45) is 3.29. The number of nitrogens with zero attached hydrogens (tertiary/aromatic N) is 1. The average molecular weight is 293 g/mol. The van der Waals surface area contributed by atoms with E-state index < -0.39 is 0 Å². The van der Waals surface area contributed by atoms with Crippen LogP contribution in [0.4, 0.5) is 0 Å². The van der Waals surface area contributed by atoms with Gasteiger partial charge in [-0.05, 0) is 32.4 Å². The fourth-order valence-electron chi connectivity index (χ4n) is 2.34. The van der Waals surface area contributed by atoms with E-state index in [-0.39, 0.29) is 11.2 Å². The summed E-state index contributed by atoms with van der Waals surface area (Å²) in [5.41, 5.74) is 0.451. The van der Waals surface area contributed by atoms with Gasteiger partial charge in [-0.15, -0.1) is 0 Å². The second kappa shape index (κ2) is 7.84. The standard InChI is InChI=1S/C17H27NOS/c1-14(11-12-20-5)18(4)13-17(2,3)16(19)15-9-7-6-8-10-15/h6-10,14H,11-13H2,1-5H3. The van der Waals surface area contributed by atoms with E-state index in [4.69, 9.17) is 0 Å². The van der Waals surface area contributed by atoms with Crippen LogP contribution in [0.25, 0.3) is 0 Å². The van der Waals surface area contributed by atoms with Gasteiger partial charge in [-0.2, -0.15) is 11.8 Å². The van der Waals surface area contributed by atoms with Crippen molar-refractivity contribution in [1.82, 2.24) is 4.90 Å². The molecule has 3 heteroatoms. The lowest BCUT2D eigenvalue weighted by Crippen LogP contribution is -2.41. The highest BCUT2D eigenvalue weighted by molar-refractivity contribution is 7.98. The summed E-state index contributed by atoms with van der Waals surface area (Å²) < 4.78 is 0. The largest absolute Gasteiger partial charge is 0.303 e. The van der Waals surface area contributed by atoms with Crippen LogP contribution in [-0.2, 0) is 0 Å². The molecule has 0 aliphatic rings. The molecule has 2 nitrogen and oxygen atoms in total. The maximum absolute atomic E-state index is 12.6. The van der Waals surface area contributed by atoms with Gasteiger partial charge in [0.1, 0.15) is 0 Å². The molecular weight excluding hydrogens is 266 g/mol. The van der Waals surface area contributed by atoms with Gasteiger partial charge < -0.3 is 4.90 Å². The minimum Gasteiger partial charge on any atom is -0.303 e. The molecule has 0 bridgehead atoms. The van der Waals surface area contributed by atoms with Gasteiger partial charge in [0.2, 0.25) is 0 Å². The van der Waals surface area contributed by atoms with Crippen molar-refractivity contribution in [1.29, 1.82) is 0 Å². The van der Waals surface area contributed by atoms with Crippen LogP contribution in [0.3, 0.4) is 0 Å². The highest BCUT2D eigenvalue weighted by Crippen LogP contribution is 2.24. The molecule has 0 saturated heterocycles. The van der Waals surface area contributed by atoms with Crippen LogP contribution in [0.5, 0.6) is 0 Å². The van der Waals surface area contributed by atoms with Crippen LogP contribution in [0, 0.1) is 5.41 Å². The number of ketones is 1. The Morgan fingerprint density at radius 2 is 1.90 bits per heavy atom. The number of thioether (sulfide) groups is 1. The van der Waals surface area contributed by atoms with Crippen LogP contribution in [0.15, 0.2) is 30.3 Å². The van der Waals surface area contributed by atoms with Crippen molar-refractivity contribution in [3.63, 3.8) is 0 Å². The van der Waals surface area contributed by atoms with Gasteiger partial charge in [-0.25, -0.2) is 0 Å². The molecule has 1 atom stereocenters. The molecule has 112 valence electrons. The molecule has 20 heavy (non-hydrogen) atoms. The highest BCUT2D eigenvalue weighted by atomic mass is 32.2. The van der Waals surface area contributed by atoms with E-state index in [1.165, 1.54) is 5.75 Å². The van der Waals surface area contributed by atoms with E-state index in [1.54, 1.807) is 0 Å². The predicted octanol–water partition coefficient (Wildman–Crippen LogP) is 3.97. The summed E-state index contributed by atoms with van der Waals surface area (Å²) in [5, 5.41) is 0. The first-order chi connectivity index (χ1) is 9.38. The zero-order valence-corrected chi connectivity index (χ0v) is 14.2. The monoisotopic (exact) mass is 293 g/mol. The molecule has 1 rings (SSSR count). The van der Waals surface area contributed by atoms with Crippen molar-refractivity contribution >= 4 is 17.5 Å². The third-order valence-corrected chi connectivity index (χ3v) is 4.43. The molecule has 0 aliphatic heterocycles. The van der Waals surface area contributed by atoms with E-state index in [9.17, 15) is 4.79 Å². The Bertz CT molecular complexity index is 416. The van der Waals surface area contributed by atoms with E-state index in [0.717, 1.165) is 18.5 Å². The van der Waals surface area contributed by atoms with Crippen LogP contribution in [0.2, 0.25) is 0 Å². The first-order valence-electron chi connectivity index (χ1n) is 7.17. The van der Waals surface area contributed by atoms with E-state index in [0.29, 0.717) is 6.04 Å². The summed E-state index contributed by atoms with van der Waals surface area (Å²) in [7, 11) is 2.12. The first kappa shape index (κ1) is 17.3. The molecular formula is C17H27NOS. The molecule has 1 unspecified atom stereocenters. The molecule has 0 spiro atoms. The summed E-state index contributed by atoms with van der Waals surface area (Å²) in [4.78, 5) is 14.9. The van der Waals surface area contributed by atoms with Gasteiger partial charge in [-0.3, -0.25) is 4.79 Å². The van der Waals surface area contributed by atoms with Crippen molar-refractivity contribution < 1.29 is 4.79 Å². The summed E-state index contributed by atoms with van der Waals surface area (Å²) in [6.45, 7) is 7.11. The van der Waals surface area contributed by atoms with Gasteiger partial charge in [-0.1, -0.05) is 44.2 Å². The third-order valence-electron chi connectivity index (χ3n) is 3.79. The quantitative estimate of drug-likeness (QED) is 0.676. The lowest BCUT2D eigenvalue weighted by molar-refractivity contribution is 0.0755. The van der Waals surface area contributed by atoms with E-state index in [2.05, 4.69) is 25.1 Å². The Kier molecular flexibility index (Phi) is 6.77. The Balaban J connectivity index is 2.67. The van der Waals surface area contributed by atoms with Crippen LogP contribution >= 0.6 is 11.8 Å². The van der Waals surface area contributed by atoms with Crippen LogP contribution in [0.1, 0.15) is 37.6 Å². The molecule has 1 aromatic rings. The van der Waals surface area contributed by atoms with Gasteiger partial charge in [0.25, 0.3) is 0 Å². The van der Waals surface area contributed by atoms with Crippen LogP contribution in [-0.4, -0.2) is 42.3 Å². The van der Waals surface area contributed by atoms with Crippen molar-refractivity contribution in [2.75, 3.05) is 25.6 Å². The maximum Gasteiger partial charge on any atom is 0.169 e. The SMILES string of the molecule is CSCCC(C)N(C)CC(C)(C)C(=O)c1ccccc1. The number of hydrogen-bond acceptors (Lipinski definition) is 3. The van der Waals surface area contributed by atoms with Crippen molar-refractivity contribution in [3.8, 4) is 0 Å². The normalized spacial score (nSPS) is 13.5. The number of hydrogen-bond donors (Lipinski definition) is 0. The molecule has 0 fully saturated rings. The van der Waals surface area contributed by atoms with Crippen molar-refractivity contribution in [2.45, 2.75) is 33.2 Å². The molecule has 0 N–H and O–H groups in total. The fraction of sp³-hybridized carbons (Fsp3) is 0.588. The number of carbonyl (C=O) groups excluding carboxylic acids is 1. The Morgan fingerprint density at radius 3 is 2.45 bits per heavy atom. The minimum absolute atomic E-state index is 0.224. The maximum atomic E-state index is 12.6. The number of benzene rings is 1. The zero-order valence-electron chi connectivity index (χ0n) is 13.3. The highest BCUT2D eigenvalue weighted by Gasteiger charge is 2.30. The molecule has 0 heterocycles. The van der Waals surface area contributed by atoms with Crippen molar-refractivity contribution in [2.24, 2.45) is 5.41 Å². The average Bonchev–Trinajstić information content (AvgIpc) is 2.44. The van der Waals surface area contributed by atoms with Gasteiger partial charge >= 0.3 is 0 Å². The smallest absolute Gasteiger partial charge is 0.169 e. The fourth-order valence-corrected chi connectivity index (χ4v) is 2.92. The van der Waals surface area contributed by atoms with E-state index >= 15 is 0 Å². The predicted molar refractivity (Wildman–Crippen MR) is 89.6 cm³/mol. The molecule has 1 aromatic carbocycles. The summed E-state index contributed by atoms with van der Waals surface area (Å²) in [5.74, 6) is 1.39. The van der Waals surface area contributed by atoms with Crippen molar-refractivity contribution in [3.05, 3.63) is 35.9 Å². The second-order valence-corrected chi connectivity index (χ2v) is 7.11. The number of rotatable bonds is 8. The van der Waals surface area contributed by atoms with Gasteiger partial charge in [0, 0.05) is 23.6 Å². The Morgan fingerprint density at radius 1 is 1.30 bits per heavy atom. The molecule has 0 amide bonds. The molecule has 0 radical (unpaired) electrons. The minimum atomic E-state index is -0.357. The lowest BCUT2D eigenvalue weighted by atomic mass is 9.83. The molecule has 0 aromatic heterocycles. The Hall–Kier alpha value is -0.800. The number of carbonyl (C=O) groups is 1. The lowest BCUT2D eigenvalue weighted by Gasteiger charge is -2.33. The molecule has 0 saturated carbocycles.